The van der Waals surface area contributed by atoms with E-state index < -0.39 is 0 Å². The highest BCUT2D eigenvalue weighted by Crippen LogP contribution is 2.29. The summed E-state index contributed by atoms with van der Waals surface area (Å²) in [5.41, 5.74) is 0.960. The summed E-state index contributed by atoms with van der Waals surface area (Å²) in [6.07, 6.45) is 1.50. The van der Waals surface area contributed by atoms with E-state index in [1.54, 1.807) is 0 Å². The van der Waals surface area contributed by atoms with Crippen LogP contribution < -0.4 is 10.1 Å². The average Bonchev–Trinajstić information content (AvgIpc) is 2.47. The Hall–Kier alpha value is -1.55. The van der Waals surface area contributed by atoms with Gasteiger partial charge in [-0.3, -0.25) is 4.79 Å². The molecule has 96 valence electrons. The topological polar surface area (TPSA) is 47.6 Å². The summed E-state index contributed by atoms with van der Waals surface area (Å²) in [6.45, 7) is 1.86. The van der Waals surface area contributed by atoms with Gasteiger partial charge in [0.15, 0.2) is 11.9 Å². The van der Waals surface area contributed by atoms with Crippen LogP contribution in [-0.2, 0) is 9.53 Å². The maximum Gasteiger partial charge on any atom is 0.180 e. The molecule has 1 saturated heterocycles. The molecule has 2 aliphatic heterocycles. The van der Waals surface area contributed by atoms with Gasteiger partial charge < -0.3 is 14.8 Å². The van der Waals surface area contributed by atoms with Gasteiger partial charge in [0.25, 0.3) is 0 Å². The van der Waals surface area contributed by atoms with Crippen molar-refractivity contribution in [2.75, 3.05) is 25.1 Å². The third-order valence-corrected chi connectivity index (χ3v) is 3.51. The van der Waals surface area contributed by atoms with Crippen molar-refractivity contribution in [3.63, 3.8) is 0 Å². The van der Waals surface area contributed by atoms with Crippen LogP contribution >= 0.6 is 0 Å². The van der Waals surface area contributed by atoms with E-state index in [0.717, 1.165) is 30.9 Å². The van der Waals surface area contributed by atoms with Gasteiger partial charge >= 0.3 is 0 Å². The molecule has 3 rings (SSSR count). The fraction of sp³-hybridized carbons (Fsp3) is 0.500. The zero-order valence-corrected chi connectivity index (χ0v) is 10.2. The first-order chi connectivity index (χ1) is 8.84. The maximum absolute atomic E-state index is 12.3. The average molecular weight is 247 g/mol. The number of para-hydroxylation sites is 2. The molecule has 2 aliphatic rings. The standard InChI is InChI=1S/C14H17NO3/c16-14(10-4-3-7-17-9-10)13-8-15-11-5-1-2-6-12(11)18-13/h1-2,5-6,10,13,15H,3-4,7-9H2. The fourth-order valence-electron chi connectivity index (χ4n) is 2.50. The van der Waals surface area contributed by atoms with E-state index in [-0.39, 0.29) is 17.8 Å². The molecule has 0 spiro atoms. The summed E-state index contributed by atoms with van der Waals surface area (Å²) in [7, 11) is 0. The van der Waals surface area contributed by atoms with E-state index in [2.05, 4.69) is 5.32 Å². The third kappa shape index (κ3) is 2.20. The highest BCUT2D eigenvalue weighted by atomic mass is 16.5. The van der Waals surface area contributed by atoms with Crippen molar-refractivity contribution in [3.8, 4) is 5.75 Å². The maximum atomic E-state index is 12.3. The molecule has 0 saturated carbocycles. The molecule has 4 nitrogen and oxygen atoms in total. The summed E-state index contributed by atoms with van der Waals surface area (Å²) in [5, 5.41) is 3.25. The minimum absolute atomic E-state index is 0.00388. The first kappa shape index (κ1) is 11.5. The van der Waals surface area contributed by atoms with Crippen LogP contribution in [0, 0.1) is 5.92 Å². The Labute approximate surface area is 106 Å². The van der Waals surface area contributed by atoms with E-state index in [1.807, 2.05) is 24.3 Å². The number of nitrogens with one attached hydrogen (secondary N) is 1. The molecule has 1 aromatic rings. The van der Waals surface area contributed by atoms with Crippen molar-refractivity contribution < 1.29 is 14.3 Å². The van der Waals surface area contributed by atoms with Crippen LogP contribution in [0.4, 0.5) is 5.69 Å². The molecule has 0 aromatic heterocycles. The van der Waals surface area contributed by atoms with Crippen molar-refractivity contribution in [3.05, 3.63) is 24.3 Å². The van der Waals surface area contributed by atoms with Gasteiger partial charge in [-0.25, -0.2) is 0 Å². The van der Waals surface area contributed by atoms with Crippen molar-refractivity contribution in [1.82, 2.24) is 0 Å². The van der Waals surface area contributed by atoms with E-state index in [9.17, 15) is 4.79 Å². The lowest BCUT2D eigenvalue weighted by Crippen LogP contribution is -2.43. The molecule has 4 heteroatoms. The van der Waals surface area contributed by atoms with Crippen LogP contribution in [0.1, 0.15) is 12.8 Å². The Kier molecular flexibility index (Phi) is 3.19. The van der Waals surface area contributed by atoms with E-state index in [1.165, 1.54) is 0 Å². The van der Waals surface area contributed by atoms with Gasteiger partial charge in [0.2, 0.25) is 0 Å². The minimum atomic E-state index is -0.383. The number of hydrogen-bond acceptors (Lipinski definition) is 4. The molecule has 0 aliphatic carbocycles. The van der Waals surface area contributed by atoms with Gasteiger partial charge in [-0.05, 0) is 25.0 Å². The third-order valence-electron chi connectivity index (χ3n) is 3.51. The van der Waals surface area contributed by atoms with Gasteiger partial charge in [0.1, 0.15) is 5.75 Å². The fourth-order valence-corrected chi connectivity index (χ4v) is 2.50. The molecular weight excluding hydrogens is 230 g/mol. The zero-order valence-electron chi connectivity index (χ0n) is 10.2. The highest BCUT2D eigenvalue weighted by Gasteiger charge is 2.32. The predicted molar refractivity (Wildman–Crippen MR) is 67.9 cm³/mol. The molecule has 0 bridgehead atoms. The van der Waals surface area contributed by atoms with E-state index in [0.29, 0.717) is 13.2 Å². The molecule has 18 heavy (non-hydrogen) atoms. The summed E-state index contributed by atoms with van der Waals surface area (Å²) in [6, 6.07) is 7.71. The first-order valence-corrected chi connectivity index (χ1v) is 6.45. The van der Waals surface area contributed by atoms with Crippen LogP contribution in [-0.4, -0.2) is 31.6 Å². The summed E-state index contributed by atoms with van der Waals surface area (Å²) < 4.78 is 11.1. The number of anilines is 1. The number of hydrogen-bond donors (Lipinski definition) is 1. The number of fused-ring (bicyclic) bond motifs is 1. The van der Waals surface area contributed by atoms with Gasteiger partial charge in [0.05, 0.1) is 18.8 Å². The zero-order chi connectivity index (χ0) is 12.4. The quantitative estimate of drug-likeness (QED) is 0.866. The van der Waals surface area contributed by atoms with Crippen LogP contribution in [0.3, 0.4) is 0 Å². The lowest BCUT2D eigenvalue weighted by atomic mass is 9.93. The number of carbonyl (C=O) groups is 1. The van der Waals surface area contributed by atoms with Crippen LogP contribution in [0.15, 0.2) is 24.3 Å². The summed E-state index contributed by atoms with van der Waals surface area (Å²) in [5.74, 6) is 0.923. The predicted octanol–water partition coefficient (Wildman–Crippen LogP) is 1.86. The normalized spacial score (nSPS) is 26.7. The number of benzene rings is 1. The number of ketones is 1. The molecule has 2 heterocycles. The largest absolute Gasteiger partial charge is 0.479 e. The Morgan fingerprint density at radius 1 is 1.33 bits per heavy atom. The van der Waals surface area contributed by atoms with Gasteiger partial charge in [-0.2, -0.15) is 0 Å². The van der Waals surface area contributed by atoms with Crippen molar-refractivity contribution in [2.24, 2.45) is 5.92 Å². The van der Waals surface area contributed by atoms with Crippen molar-refractivity contribution >= 4 is 11.5 Å². The Morgan fingerprint density at radius 3 is 3.06 bits per heavy atom. The lowest BCUT2D eigenvalue weighted by molar-refractivity contribution is -0.133. The van der Waals surface area contributed by atoms with Crippen molar-refractivity contribution in [2.45, 2.75) is 18.9 Å². The number of Topliss-reactive ketones (excluding diaryl/α,β-unsaturated/α-hetero) is 1. The van der Waals surface area contributed by atoms with Crippen LogP contribution in [0.5, 0.6) is 5.75 Å². The monoisotopic (exact) mass is 247 g/mol. The Balaban J connectivity index is 1.69. The highest BCUT2D eigenvalue weighted by molar-refractivity contribution is 5.87. The second-order valence-corrected chi connectivity index (χ2v) is 4.80. The second-order valence-electron chi connectivity index (χ2n) is 4.80. The number of carbonyl (C=O) groups excluding carboxylic acids is 1. The molecular formula is C14H17NO3. The molecule has 0 amide bonds. The van der Waals surface area contributed by atoms with E-state index >= 15 is 0 Å². The smallest absolute Gasteiger partial charge is 0.180 e. The van der Waals surface area contributed by atoms with Crippen LogP contribution in [0.2, 0.25) is 0 Å². The molecule has 1 fully saturated rings. The molecule has 1 N–H and O–H groups in total. The summed E-state index contributed by atoms with van der Waals surface area (Å²) >= 11 is 0. The SMILES string of the molecule is O=C(C1CCCOC1)C1CNc2ccccc2O1. The number of ether oxygens (including phenoxy) is 2. The molecule has 0 radical (unpaired) electrons. The van der Waals surface area contributed by atoms with Crippen LogP contribution in [0.25, 0.3) is 0 Å². The van der Waals surface area contributed by atoms with Crippen molar-refractivity contribution in [1.29, 1.82) is 0 Å². The Bertz CT molecular complexity index is 440. The first-order valence-electron chi connectivity index (χ1n) is 6.45. The number of rotatable bonds is 2. The molecule has 2 unspecified atom stereocenters. The Morgan fingerprint density at radius 2 is 2.22 bits per heavy atom. The lowest BCUT2D eigenvalue weighted by Gasteiger charge is -2.30. The minimum Gasteiger partial charge on any atom is -0.479 e. The van der Waals surface area contributed by atoms with E-state index in [4.69, 9.17) is 9.47 Å². The molecule has 2 atom stereocenters. The second kappa shape index (κ2) is 4.98. The van der Waals surface area contributed by atoms with Gasteiger partial charge in [-0.15, -0.1) is 0 Å². The summed E-state index contributed by atoms with van der Waals surface area (Å²) in [4.78, 5) is 12.3. The van der Waals surface area contributed by atoms with Gasteiger partial charge in [-0.1, -0.05) is 12.1 Å². The van der Waals surface area contributed by atoms with Gasteiger partial charge in [0, 0.05) is 12.5 Å². The molecule has 1 aromatic carbocycles.